The van der Waals surface area contributed by atoms with Crippen molar-refractivity contribution in [2.24, 2.45) is 0 Å². The monoisotopic (exact) mass is 586 g/mol. The lowest BCUT2D eigenvalue weighted by molar-refractivity contribution is 0.243. The molecule has 0 unspecified atom stereocenters. The van der Waals surface area contributed by atoms with Gasteiger partial charge in [-0.2, -0.15) is 4.98 Å². The van der Waals surface area contributed by atoms with Gasteiger partial charge in [0.15, 0.2) is 15.7 Å². The Morgan fingerprint density at radius 1 is 1.05 bits per heavy atom. The van der Waals surface area contributed by atoms with Crippen LogP contribution in [0.5, 0.6) is 5.75 Å². The second-order valence-electron chi connectivity index (χ2n) is 10.6. The van der Waals surface area contributed by atoms with Crippen LogP contribution in [0.25, 0.3) is 0 Å². The number of piperidine rings is 1. The van der Waals surface area contributed by atoms with Crippen molar-refractivity contribution in [2.75, 3.05) is 35.7 Å². The number of aryl methyl sites for hydroxylation is 1. The molecule has 1 saturated heterocycles. The summed E-state index contributed by atoms with van der Waals surface area (Å²) in [6.45, 7) is 11.3. The molecule has 0 radical (unpaired) electrons. The van der Waals surface area contributed by atoms with Crippen LogP contribution in [0, 0.1) is 6.92 Å². The summed E-state index contributed by atoms with van der Waals surface area (Å²) in [7, 11) is -1.51. The molecule has 0 bridgehead atoms. The Kier molecular flexibility index (Phi) is 9.43. The van der Waals surface area contributed by atoms with Crippen LogP contribution in [-0.2, 0) is 9.84 Å². The fourth-order valence-electron chi connectivity index (χ4n) is 4.71. The predicted octanol–water partition coefficient (Wildman–Crippen LogP) is 6.08. The molecule has 9 nitrogen and oxygen atoms in total. The van der Waals surface area contributed by atoms with Gasteiger partial charge in [0, 0.05) is 30.9 Å². The first kappa shape index (κ1) is 29.9. The summed E-state index contributed by atoms with van der Waals surface area (Å²) >= 11 is 6.43. The predicted molar refractivity (Wildman–Crippen MR) is 164 cm³/mol. The quantitative estimate of drug-likeness (QED) is 0.260. The average Bonchev–Trinajstić information content (AvgIpc) is 2.92. The van der Waals surface area contributed by atoms with Crippen molar-refractivity contribution in [3.63, 3.8) is 0 Å². The van der Waals surface area contributed by atoms with Crippen molar-refractivity contribution >= 4 is 50.3 Å². The van der Waals surface area contributed by atoms with Gasteiger partial charge in [0.25, 0.3) is 0 Å². The number of ether oxygens (including phenoxy) is 1. The topological polar surface area (TPSA) is 108 Å². The van der Waals surface area contributed by atoms with E-state index < -0.39 is 15.1 Å². The van der Waals surface area contributed by atoms with Crippen LogP contribution in [0.3, 0.4) is 0 Å². The van der Waals surface area contributed by atoms with E-state index in [-0.39, 0.29) is 21.8 Å². The van der Waals surface area contributed by atoms with Crippen molar-refractivity contribution in [1.82, 2.24) is 15.3 Å². The fourth-order valence-corrected chi connectivity index (χ4v) is 6.05. The number of halogens is 1. The molecule has 1 aliphatic rings. The molecule has 11 heteroatoms. The molecular formula is C29H39ClN6O3S. The maximum absolute atomic E-state index is 12.9. The number of anilines is 5. The Morgan fingerprint density at radius 3 is 2.40 bits per heavy atom. The maximum atomic E-state index is 12.9. The number of hydrogen-bond acceptors (Lipinski definition) is 9. The van der Waals surface area contributed by atoms with E-state index in [0.717, 1.165) is 42.9 Å². The van der Waals surface area contributed by atoms with Gasteiger partial charge in [0.05, 0.1) is 33.8 Å². The zero-order chi connectivity index (χ0) is 29.0. The zero-order valence-corrected chi connectivity index (χ0v) is 25.5. The van der Waals surface area contributed by atoms with Crippen LogP contribution >= 0.6 is 11.6 Å². The van der Waals surface area contributed by atoms with Gasteiger partial charge in [0.2, 0.25) is 5.95 Å². The molecular weight excluding hydrogens is 548 g/mol. The molecule has 4 rings (SSSR count). The molecule has 1 aromatic heterocycles. The third kappa shape index (κ3) is 6.79. The largest absolute Gasteiger partial charge is 0.489 e. The first-order chi connectivity index (χ1) is 19.0. The minimum atomic E-state index is -3.53. The van der Waals surface area contributed by atoms with E-state index >= 15 is 0 Å². The minimum absolute atomic E-state index is 0.0334. The second kappa shape index (κ2) is 12.6. The lowest BCUT2D eigenvalue weighted by atomic mass is 10.0. The number of nitrogens with one attached hydrogen (secondary N) is 3. The number of hydrogen-bond donors (Lipinski definition) is 3. The van der Waals surface area contributed by atoms with E-state index in [1.54, 1.807) is 38.1 Å². The zero-order valence-electron chi connectivity index (χ0n) is 24.0. The van der Waals surface area contributed by atoms with Crippen molar-refractivity contribution < 1.29 is 13.2 Å². The van der Waals surface area contributed by atoms with Gasteiger partial charge in [-0.05, 0) is 78.3 Å². The Hall–Kier alpha value is -3.08. The summed E-state index contributed by atoms with van der Waals surface area (Å²) in [5, 5.41) is 9.46. The second-order valence-corrected chi connectivity index (χ2v) is 13.5. The van der Waals surface area contributed by atoms with Gasteiger partial charge in [-0.1, -0.05) is 23.7 Å². The Bertz CT molecular complexity index is 1440. The molecule has 0 atom stereocenters. The van der Waals surface area contributed by atoms with Gasteiger partial charge < -0.3 is 25.6 Å². The van der Waals surface area contributed by atoms with E-state index in [4.69, 9.17) is 16.3 Å². The van der Waals surface area contributed by atoms with Gasteiger partial charge in [-0.3, -0.25) is 0 Å². The highest BCUT2D eigenvalue weighted by atomic mass is 35.5. The lowest BCUT2D eigenvalue weighted by Gasteiger charge is -2.35. The smallest absolute Gasteiger partial charge is 0.229 e. The number of para-hydroxylation sites is 1. The molecule has 216 valence electrons. The van der Waals surface area contributed by atoms with Gasteiger partial charge in [-0.15, -0.1) is 0 Å². The van der Waals surface area contributed by atoms with E-state index in [2.05, 4.69) is 43.8 Å². The number of sulfone groups is 1. The molecule has 3 N–H and O–H groups in total. The van der Waals surface area contributed by atoms with E-state index in [1.165, 1.54) is 6.20 Å². The Morgan fingerprint density at radius 2 is 1.75 bits per heavy atom. The van der Waals surface area contributed by atoms with Crippen molar-refractivity contribution in [1.29, 1.82) is 0 Å². The first-order valence-electron chi connectivity index (χ1n) is 13.6. The van der Waals surface area contributed by atoms with Crippen LogP contribution in [0.2, 0.25) is 5.02 Å². The number of nitrogens with zero attached hydrogens (tertiary/aromatic N) is 3. The third-order valence-corrected chi connectivity index (χ3v) is 9.45. The highest BCUT2D eigenvalue weighted by Gasteiger charge is 2.24. The molecule has 0 spiro atoms. The summed E-state index contributed by atoms with van der Waals surface area (Å²) in [5.41, 5.74) is 3.39. The normalized spacial score (nSPS) is 14.6. The van der Waals surface area contributed by atoms with Gasteiger partial charge >= 0.3 is 0 Å². The molecule has 1 fully saturated rings. The highest BCUT2D eigenvalue weighted by molar-refractivity contribution is 7.92. The summed E-state index contributed by atoms with van der Waals surface area (Å²) < 4.78 is 32.1. The molecule has 0 aliphatic carbocycles. The van der Waals surface area contributed by atoms with Gasteiger partial charge in [-0.25, -0.2) is 13.4 Å². The number of benzene rings is 2. The minimum Gasteiger partial charge on any atom is -0.489 e. The van der Waals surface area contributed by atoms with E-state index in [1.807, 2.05) is 27.0 Å². The first-order valence-corrected chi connectivity index (χ1v) is 15.5. The van der Waals surface area contributed by atoms with Crippen LogP contribution in [0.1, 0.15) is 46.1 Å². The summed E-state index contributed by atoms with van der Waals surface area (Å²) in [5.74, 6) is 1.29. The molecule has 40 heavy (non-hydrogen) atoms. The average molecular weight is 587 g/mol. The lowest BCUT2D eigenvalue weighted by Crippen LogP contribution is -2.41. The number of aromatic nitrogens is 2. The molecule has 0 amide bonds. The summed E-state index contributed by atoms with van der Waals surface area (Å²) in [6, 6.07) is 11.4. The van der Waals surface area contributed by atoms with E-state index in [0.29, 0.717) is 23.4 Å². The highest BCUT2D eigenvalue weighted by Crippen LogP contribution is 2.37. The van der Waals surface area contributed by atoms with Crippen LogP contribution < -0.4 is 25.6 Å². The van der Waals surface area contributed by atoms with Crippen molar-refractivity contribution in [3.05, 3.63) is 53.2 Å². The van der Waals surface area contributed by atoms with Crippen LogP contribution in [0.4, 0.5) is 28.8 Å². The standard InChI is InChI=1S/C29H39ClN6O3S/c1-18(2)39-26-16-25(36-13-11-21(31-6)12-14-36)20(5)15-24(26)34-29-32-17-22(30)28(35-29)33-23-9-7-8-10-27(23)40(37,38)19(3)4/h7-10,15-19,21,31H,11-14H2,1-6H3,(H2,32,33,34,35). The molecule has 0 saturated carbocycles. The van der Waals surface area contributed by atoms with Crippen molar-refractivity contribution in [3.8, 4) is 5.75 Å². The third-order valence-electron chi connectivity index (χ3n) is 6.96. The Labute approximate surface area is 242 Å². The molecule has 1 aliphatic heterocycles. The van der Waals surface area contributed by atoms with Crippen LogP contribution in [0.15, 0.2) is 47.5 Å². The molecule has 2 aromatic carbocycles. The van der Waals surface area contributed by atoms with Crippen LogP contribution in [-0.4, -0.2) is 55.9 Å². The van der Waals surface area contributed by atoms with E-state index in [9.17, 15) is 8.42 Å². The summed E-state index contributed by atoms with van der Waals surface area (Å²) in [4.78, 5) is 11.5. The van der Waals surface area contributed by atoms with Gasteiger partial charge in [0.1, 0.15) is 10.8 Å². The molecule has 3 aromatic rings. The summed E-state index contributed by atoms with van der Waals surface area (Å²) in [6.07, 6.45) is 3.63. The molecule has 2 heterocycles. The number of rotatable bonds is 10. The fraction of sp³-hybridized carbons (Fsp3) is 0.448. The van der Waals surface area contributed by atoms with Crippen molar-refractivity contribution in [2.45, 2.75) is 69.8 Å². The SMILES string of the molecule is CNC1CCN(c2cc(OC(C)C)c(Nc3ncc(Cl)c(Nc4ccccc4S(=O)(=O)C(C)C)n3)cc2C)CC1. The Balaban J connectivity index is 1.64. The maximum Gasteiger partial charge on any atom is 0.229 e.